The first-order valence-corrected chi connectivity index (χ1v) is 8.78. The third-order valence-electron chi connectivity index (χ3n) is 5.11. The predicted molar refractivity (Wildman–Crippen MR) is 101 cm³/mol. The van der Waals surface area contributed by atoms with Gasteiger partial charge in [0.1, 0.15) is 0 Å². The Bertz CT molecular complexity index is 781. The summed E-state index contributed by atoms with van der Waals surface area (Å²) in [5, 5.41) is 3.12. The fraction of sp³-hybridized carbons (Fsp3) is 0.381. The van der Waals surface area contributed by atoms with E-state index in [1.807, 2.05) is 49.4 Å². The Morgan fingerprint density at radius 1 is 1.04 bits per heavy atom. The summed E-state index contributed by atoms with van der Waals surface area (Å²) < 4.78 is 16.3. The topological polar surface area (TPSA) is 56.8 Å². The van der Waals surface area contributed by atoms with Crippen LogP contribution in [-0.4, -0.2) is 33.3 Å². The molecule has 1 saturated heterocycles. The fourth-order valence-corrected chi connectivity index (χ4v) is 3.46. The third-order valence-corrected chi connectivity index (χ3v) is 5.11. The van der Waals surface area contributed by atoms with Crippen molar-refractivity contribution in [2.45, 2.75) is 25.2 Å². The number of anilines is 1. The highest BCUT2D eigenvalue weighted by Gasteiger charge is 2.42. The smallest absolute Gasteiger partial charge is 0.235 e. The molecular weight excluding hydrogens is 330 g/mol. The second-order valence-electron chi connectivity index (χ2n) is 6.53. The van der Waals surface area contributed by atoms with E-state index in [1.54, 1.807) is 14.2 Å². The number of aryl methyl sites for hydroxylation is 1. The minimum Gasteiger partial charge on any atom is -0.493 e. The highest BCUT2D eigenvalue weighted by molar-refractivity contribution is 6.00. The van der Waals surface area contributed by atoms with Gasteiger partial charge in [0.25, 0.3) is 0 Å². The molecule has 1 aliphatic heterocycles. The van der Waals surface area contributed by atoms with Crippen molar-refractivity contribution in [2.75, 3.05) is 32.8 Å². The van der Waals surface area contributed by atoms with E-state index in [0.29, 0.717) is 37.6 Å². The van der Waals surface area contributed by atoms with Gasteiger partial charge in [-0.25, -0.2) is 0 Å². The Balaban J connectivity index is 1.99. The predicted octanol–water partition coefficient (Wildman–Crippen LogP) is 3.70. The van der Waals surface area contributed by atoms with Gasteiger partial charge >= 0.3 is 0 Å². The average molecular weight is 355 g/mol. The van der Waals surface area contributed by atoms with Gasteiger partial charge in [0.2, 0.25) is 5.91 Å². The summed E-state index contributed by atoms with van der Waals surface area (Å²) in [6.07, 6.45) is 1.25. The summed E-state index contributed by atoms with van der Waals surface area (Å²) in [6.45, 7) is 3.09. The number of para-hydroxylation sites is 1. The molecule has 1 N–H and O–H groups in total. The van der Waals surface area contributed by atoms with E-state index in [1.165, 1.54) is 0 Å². The minimum absolute atomic E-state index is 0.0117. The lowest BCUT2D eigenvalue weighted by Crippen LogP contribution is -2.45. The van der Waals surface area contributed by atoms with Crippen LogP contribution in [0.5, 0.6) is 11.5 Å². The number of rotatable bonds is 5. The van der Waals surface area contributed by atoms with Gasteiger partial charge in [-0.3, -0.25) is 4.79 Å². The minimum atomic E-state index is -0.653. The summed E-state index contributed by atoms with van der Waals surface area (Å²) in [4.78, 5) is 13.4. The van der Waals surface area contributed by atoms with Crippen LogP contribution in [0.2, 0.25) is 0 Å². The van der Waals surface area contributed by atoms with Crippen molar-refractivity contribution < 1.29 is 19.0 Å². The van der Waals surface area contributed by atoms with E-state index in [0.717, 1.165) is 16.8 Å². The van der Waals surface area contributed by atoms with Gasteiger partial charge < -0.3 is 19.5 Å². The highest BCUT2D eigenvalue weighted by Crippen LogP contribution is 2.40. The summed E-state index contributed by atoms with van der Waals surface area (Å²) >= 11 is 0. The fourth-order valence-electron chi connectivity index (χ4n) is 3.46. The van der Waals surface area contributed by atoms with Gasteiger partial charge in [-0.05, 0) is 49.1 Å². The first-order chi connectivity index (χ1) is 12.6. The van der Waals surface area contributed by atoms with Crippen LogP contribution in [0.1, 0.15) is 24.0 Å². The summed E-state index contributed by atoms with van der Waals surface area (Å²) in [5.74, 6) is 1.26. The maximum absolute atomic E-state index is 13.4. The van der Waals surface area contributed by atoms with Crippen LogP contribution >= 0.6 is 0 Å². The second kappa shape index (κ2) is 7.79. The first kappa shape index (κ1) is 18.3. The van der Waals surface area contributed by atoms with E-state index in [9.17, 15) is 4.79 Å². The number of carbonyl (C=O) groups is 1. The quantitative estimate of drug-likeness (QED) is 0.888. The van der Waals surface area contributed by atoms with Gasteiger partial charge in [0, 0.05) is 18.9 Å². The van der Waals surface area contributed by atoms with Crippen LogP contribution < -0.4 is 14.8 Å². The number of nitrogens with one attached hydrogen (secondary N) is 1. The van der Waals surface area contributed by atoms with E-state index in [-0.39, 0.29) is 5.91 Å². The molecule has 1 fully saturated rings. The lowest BCUT2D eigenvalue weighted by molar-refractivity contribution is -0.125. The lowest BCUT2D eigenvalue weighted by Gasteiger charge is -2.36. The SMILES string of the molecule is COc1ccc(C2(C(=O)Nc3ccccc3C)CCOCC2)cc1OC. The van der Waals surface area contributed by atoms with Crippen molar-refractivity contribution in [3.05, 3.63) is 53.6 Å². The molecule has 26 heavy (non-hydrogen) atoms. The number of ether oxygens (including phenoxy) is 3. The van der Waals surface area contributed by atoms with Crippen LogP contribution in [0, 0.1) is 6.92 Å². The zero-order chi connectivity index (χ0) is 18.6. The van der Waals surface area contributed by atoms with E-state index in [2.05, 4.69) is 5.32 Å². The Kier molecular flexibility index (Phi) is 5.47. The van der Waals surface area contributed by atoms with Gasteiger partial charge in [0.05, 0.1) is 19.6 Å². The summed E-state index contributed by atoms with van der Waals surface area (Å²) in [7, 11) is 3.21. The number of hydrogen-bond donors (Lipinski definition) is 1. The van der Waals surface area contributed by atoms with Gasteiger partial charge in [-0.1, -0.05) is 24.3 Å². The molecule has 0 spiro atoms. The van der Waals surface area contributed by atoms with Gasteiger partial charge in [-0.2, -0.15) is 0 Å². The summed E-state index contributed by atoms with van der Waals surface area (Å²) in [5.41, 5.74) is 2.14. The normalized spacial score (nSPS) is 16.0. The third kappa shape index (κ3) is 3.40. The van der Waals surface area contributed by atoms with Crippen molar-refractivity contribution in [1.82, 2.24) is 0 Å². The number of carbonyl (C=O) groups excluding carboxylic acids is 1. The Labute approximate surface area is 154 Å². The molecule has 1 heterocycles. The second-order valence-corrected chi connectivity index (χ2v) is 6.53. The molecule has 0 unspecified atom stereocenters. The highest BCUT2D eigenvalue weighted by atomic mass is 16.5. The number of benzene rings is 2. The van der Waals surface area contributed by atoms with Crippen molar-refractivity contribution in [3.8, 4) is 11.5 Å². The molecule has 138 valence electrons. The molecular formula is C21H25NO4. The molecule has 0 radical (unpaired) electrons. The summed E-state index contributed by atoms with van der Waals surface area (Å²) in [6, 6.07) is 13.5. The van der Waals surface area contributed by atoms with E-state index >= 15 is 0 Å². The van der Waals surface area contributed by atoms with Gasteiger partial charge in [0.15, 0.2) is 11.5 Å². The first-order valence-electron chi connectivity index (χ1n) is 8.78. The molecule has 1 amide bonds. The zero-order valence-corrected chi connectivity index (χ0v) is 15.5. The number of amides is 1. The number of methoxy groups -OCH3 is 2. The monoisotopic (exact) mass is 355 g/mol. The van der Waals surface area contributed by atoms with Crippen molar-refractivity contribution in [3.63, 3.8) is 0 Å². The Morgan fingerprint density at radius 3 is 2.38 bits per heavy atom. The van der Waals surface area contributed by atoms with Gasteiger partial charge in [-0.15, -0.1) is 0 Å². The number of hydrogen-bond acceptors (Lipinski definition) is 4. The van der Waals surface area contributed by atoms with Crippen molar-refractivity contribution in [1.29, 1.82) is 0 Å². The molecule has 2 aromatic carbocycles. The van der Waals surface area contributed by atoms with Crippen molar-refractivity contribution >= 4 is 11.6 Å². The van der Waals surface area contributed by atoms with Crippen LogP contribution in [0.3, 0.4) is 0 Å². The standard InChI is InChI=1S/C21H25NO4/c1-15-6-4-5-7-17(15)22-20(23)21(10-12-26-13-11-21)16-8-9-18(24-2)19(14-16)25-3/h4-9,14H,10-13H2,1-3H3,(H,22,23). The van der Waals surface area contributed by atoms with E-state index in [4.69, 9.17) is 14.2 Å². The molecule has 5 nitrogen and oxygen atoms in total. The Morgan fingerprint density at radius 2 is 1.73 bits per heavy atom. The molecule has 2 aromatic rings. The maximum atomic E-state index is 13.4. The lowest BCUT2D eigenvalue weighted by atomic mass is 9.73. The van der Waals surface area contributed by atoms with Crippen LogP contribution in [0.25, 0.3) is 0 Å². The van der Waals surface area contributed by atoms with Crippen molar-refractivity contribution in [2.24, 2.45) is 0 Å². The average Bonchev–Trinajstić information content (AvgIpc) is 2.69. The molecule has 0 aliphatic carbocycles. The zero-order valence-electron chi connectivity index (χ0n) is 15.5. The molecule has 0 atom stereocenters. The molecule has 3 rings (SSSR count). The molecule has 0 saturated carbocycles. The van der Waals surface area contributed by atoms with Crippen LogP contribution in [0.4, 0.5) is 5.69 Å². The Hall–Kier alpha value is -2.53. The van der Waals surface area contributed by atoms with Crippen LogP contribution in [0.15, 0.2) is 42.5 Å². The molecule has 0 bridgehead atoms. The largest absolute Gasteiger partial charge is 0.493 e. The molecule has 5 heteroatoms. The molecule has 1 aliphatic rings. The molecule has 0 aromatic heterocycles. The van der Waals surface area contributed by atoms with Crippen LogP contribution in [-0.2, 0) is 14.9 Å². The maximum Gasteiger partial charge on any atom is 0.235 e. The van der Waals surface area contributed by atoms with E-state index < -0.39 is 5.41 Å².